The molecule has 0 spiro atoms. The summed E-state index contributed by atoms with van der Waals surface area (Å²) in [5.41, 5.74) is 0.239. The van der Waals surface area contributed by atoms with Gasteiger partial charge in [-0.2, -0.15) is 4.31 Å². The molecule has 26 heavy (non-hydrogen) atoms. The zero-order valence-electron chi connectivity index (χ0n) is 14.4. The summed E-state index contributed by atoms with van der Waals surface area (Å²) in [6, 6.07) is 7.47. The van der Waals surface area contributed by atoms with E-state index in [-0.39, 0.29) is 27.4 Å². The monoisotopic (exact) mass is 396 g/mol. The van der Waals surface area contributed by atoms with Crippen molar-refractivity contribution in [3.63, 3.8) is 0 Å². The maximum atomic E-state index is 12.9. The number of nitrogens with one attached hydrogen (secondary N) is 1. The van der Waals surface area contributed by atoms with Crippen molar-refractivity contribution in [3.05, 3.63) is 52.9 Å². The molecular weight excluding hydrogens is 376 g/mol. The van der Waals surface area contributed by atoms with Gasteiger partial charge < -0.3 is 9.73 Å². The Hall–Kier alpha value is -1.83. The molecule has 3 rings (SSSR count). The SMILES string of the molecule is C[C@@H](NC(=O)c1ccc(Cl)c(S(=O)(=O)N2CCCCC2)c1)c1ccco1. The molecule has 1 aliphatic heterocycles. The van der Waals surface area contributed by atoms with Crippen LogP contribution in [0.25, 0.3) is 0 Å². The second-order valence-electron chi connectivity index (χ2n) is 6.32. The van der Waals surface area contributed by atoms with E-state index in [0.717, 1.165) is 19.3 Å². The summed E-state index contributed by atoms with van der Waals surface area (Å²) in [7, 11) is -3.72. The highest BCUT2D eigenvalue weighted by atomic mass is 35.5. The van der Waals surface area contributed by atoms with Gasteiger partial charge in [0.25, 0.3) is 5.91 Å². The first kappa shape index (κ1) is 18.9. The number of hydrogen-bond acceptors (Lipinski definition) is 4. The molecule has 1 fully saturated rings. The van der Waals surface area contributed by atoms with Gasteiger partial charge >= 0.3 is 0 Å². The van der Waals surface area contributed by atoms with Crippen molar-refractivity contribution in [2.24, 2.45) is 0 Å². The van der Waals surface area contributed by atoms with Gasteiger partial charge in [-0.1, -0.05) is 18.0 Å². The molecule has 0 radical (unpaired) electrons. The Morgan fingerprint density at radius 3 is 2.62 bits per heavy atom. The largest absolute Gasteiger partial charge is 0.467 e. The van der Waals surface area contributed by atoms with Gasteiger partial charge in [0.15, 0.2) is 0 Å². The lowest BCUT2D eigenvalue weighted by Gasteiger charge is -2.26. The van der Waals surface area contributed by atoms with E-state index in [2.05, 4.69) is 5.32 Å². The highest BCUT2D eigenvalue weighted by Crippen LogP contribution is 2.28. The Morgan fingerprint density at radius 2 is 1.96 bits per heavy atom. The molecule has 1 aliphatic rings. The zero-order valence-corrected chi connectivity index (χ0v) is 16.0. The van der Waals surface area contributed by atoms with Crippen LogP contribution in [0, 0.1) is 0 Å². The van der Waals surface area contributed by atoms with Crippen LogP contribution in [0.15, 0.2) is 45.9 Å². The fourth-order valence-electron chi connectivity index (χ4n) is 2.98. The summed E-state index contributed by atoms with van der Waals surface area (Å²) in [4.78, 5) is 12.5. The van der Waals surface area contributed by atoms with Crippen LogP contribution in [-0.4, -0.2) is 31.7 Å². The van der Waals surface area contributed by atoms with Crippen molar-refractivity contribution in [1.29, 1.82) is 0 Å². The molecule has 1 N–H and O–H groups in total. The van der Waals surface area contributed by atoms with Gasteiger partial charge in [-0.15, -0.1) is 0 Å². The van der Waals surface area contributed by atoms with E-state index in [9.17, 15) is 13.2 Å². The second kappa shape index (κ2) is 7.82. The number of nitrogens with zero attached hydrogens (tertiary/aromatic N) is 1. The summed E-state index contributed by atoms with van der Waals surface area (Å²) in [6.07, 6.45) is 4.21. The predicted molar refractivity (Wildman–Crippen MR) is 98.7 cm³/mol. The average molecular weight is 397 g/mol. The van der Waals surface area contributed by atoms with Crippen LogP contribution >= 0.6 is 11.6 Å². The summed E-state index contributed by atoms with van der Waals surface area (Å²) in [5.74, 6) is 0.231. The number of furan rings is 1. The summed E-state index contributed by atoms with van der Waals surface area (Å²) < 4.78 is 32.5. The molecule has 2 heterocycles. The molecule has 1 saturated heterocycles. The Kier molecular flexibility index (Phi) is 5.70. The van der Waals surface area contributed by atoms with Crippen LogP contribution in [0.2, 0.25) is 5.02 Å². The molecule has 0 unspecified atom stereocenters. The highest BCUT2D eigenvalue weighted by molar-refractivity contribution is 7.89. The molecule has 0 saturated carbocycles. The third kappa shape index (κ3) is 3.95. The quantitative estimate of drug-likeness (QED) is 0.837. The number of carbonyl (C=O) groups is 1. The van der Waals surface area contributed by atoms with Crippen LogP contribution < -0.4 is 5.32 Å². The van der Waals surface area contributed by atoms with Crippen molar-refractivity contribution in [2.75, 3.05) is 13.1 Å². The summed E-state index contributed by atoms with van der Waals surface area (Å²) in [6.45, 7) is 2.74. The first-order chi connectivity index (χ1) is 12.4. The van der Waals surface area contributed by atoms with Gasteiger partial charge in [-0.25, -0.2) is 8.42 Å². The highest BCUT2D eigenvalue weighted by Gasteiger charge is 2.29. The van der Waals surface area contributed by atoms with E-state index in [1.165, 1.54) is 28.8 Å². The third-order valence-electron chi connectivity index (χ3n) is 4.44. The van der Waals surface area contributed by atoms with E-state index in [1.807, 2.05) is 0 Å². The first-order valence-electron chi connectivity index (χ1n) is 8.53. The zero-order chi connectivity index (χ0) is 18.7. The minimum absolute atomic E-state index is 0.0284. The molecule has 6 nitrogen and oxygen atoms in total. The van der Waals surface area contributed by atoms with Crippen molar-refractivity contribution in [1.82, 2.24) is 9.62 Å². The Labute approximate surface area is 158 Å². The maximum Gasteiger partial charge on any atom is 0.251 e. The van der Waals surface area contributed by atoms with Gasteiger partial charge in [0.05, 0.1) is 17.3 Å². The van der Waals surface area contributed by atoms with Crippen molar-refractivity contribution in [2.45, 2.75) is 37.1 Å². The van der Waals surface area contributed by atoms with Gasteiger partial charge in [0, 0.05) is 18.7 Å². The van der Waals surface area contributed by atoms with Gasteiger partial charge in [-0.3, -0.25) is 4.79 Å². The second-order valence-corrected chi connectivity index (χ2v) is 8.63. The number of amides is 1. The van der Waals surface area contributed by atoms with Crippen LogP contribution in [0.1, 0.15) is 48.3 Å². The Bertz CT molecular complexity index is 875. The van der Waals surface area contributed by atoms with E-state index < -0.39 is 10.0 Å². The van der Waals surface area contributed by atoms with E-state index in [0.29, 0.717) is 18.8 Å². The van der Waals surface area contributed by atoms with E-state index >= 15 is 0 Å². The first-order valence-corrected chi connectivity index (χ1v) is 10.4. The molecule has 1 aromatic carbocycles. The molecule has 0 bridgehead atoms. The number of carbonyl (C=O) groups excluding carboxylic acids is 1. The molecule has 0 aliphatic carbocycles. The number of sulfonamides is 1. The molecule has 2 aromatic rings. The lowest BCUT2D eigenvalue weighted by atomic mass is 10.2. The standard InChI is InChI=1S/C18H21ClN2O4S/c1-13(16-6-5-11-25-16)20-18(22)14-7-8-15(19)17(12-14)26(23,24)21-9-3-2-4-10-21/h5-8,11-13H,2-4,9-10H2,1H3,(H,20,22)/t13-/m1/s1. The van der Waals surface area contributed by atoms with Crippen LogP contribution in [-0.2, 0) is 10.0 Å². The molecule has 1 atom stereocenters. The maximum absolute atomic E-state index is 12.9. The number of halogens is 1. The lowest BCUT2D eigenvalue weighted by molar-refractivity contribution is 0.0935. The number of rotatable bonds is 5. The third-order valence-corrected chi connectivity index (χ3v) is 6.82. The number of hydrogen-bond donors (Lipinski definition) is 1. The van der Waals surface area contributed by atoms with Crippen LogP contribution in [0.3, 0.4) is 0 Å². The van der Waals surface area contributed by atoms with Crippen molar-refractivity contribution >= 4 is 27.5 Å². The van der Waals surface area contributed by atoms with Crippen molar-refractivity contribution < 1.29 is 17.6 Å². The fourth-order valence-corrected chi connectivity index (χ4v) is 4.99. The molecular formula is C18H21ClN2O4S. The summed E-state index contributed by atoms with van der Waals surface area (Å²) >= 11 is 6.14. The average Bonchev–Trinajstić information content (AvgIpc) is 3.17. The minimum atomic E-state index is -3.72. The van der Waals surface area contributed by atoms with Crippen LogP contribution in [0.5, 0.6) is 0 Å². The summed E-state index contributed by atoms with van der Waals surface area (Å²) in [5, 5.41) is 2.91. The van der Waals surface area contributed by atoms with Gasteiger partial charge in [-0.05, 0) is 50.1 Å². The van der Waals surface area contributed by atoms with E-state index in [4.69, 9.17) is 16.0 Å². The Balaban J connectivity index is 1.84. The number of benzene rings is 1. The normalized spacial score (nSPS) is 17.0. The molecule has 8 heteroatoms. The van der Waals surface area contributed by atoms with Crippen molar-refractivity contribution in [3.8, 4) is 0 Å². The lowest BCUT2D eigenvalue weighted by Crippen LogP contribution is -2.36. The molecule has 140 valence electrons. The number of piperidine rings is 1. The topological polar surface area (TPSA) is 79.6 Å². The predicted octanol–water partition coefficient (Wildman–Crippen LogP) is 3.60. The minimum Gasteiger partial charge on any atom is -0.467 e. The molecule has 1 amide bonds. The Morgan fingerprint density at radius 1 is 1.23 bits per heavy atom. The molecule has 1 aromatic heterocycles. The van der Waals surface area contributed by atoms with Gasteiger partial charge in [0.1, 0.15) is 10.7 Å². The van der Waals surface area contributed by atoms with Crippen LogP contribution in [0.4, 0.5) is 0 Å². The smallest absolute Gasteiger partial charge is 0.251 e. The fraction of sp³-hybridized carbons (Fsp3) is 0.389. The van der Waals surface area contributed by atoms with E-state index in [1.54, 1.807) is 19.1 Å². The van der Waals surface area contributed by atoms with Gasteiger partial charge in [0.2, 0.25) is 10.0 Å².